The first-order chi connectivity index (χ1) is 6.15. The fraction of sp³-hybridized carbons (Fsp3) is 0.889. The Hall–Kier alpha value is -0.770. The molecule has 4 heteroatoms. The first-order valence-electron chi connectivity index (χ1n) is 4.78. The van der Waals surface area contributed by atoms with Crippen molar-refractivity contribution in [2.24, 2.45) is 10.7 Å². The molecule has 0 heterocycles. The fourth-order valence-corrected chi connectivity index (χ4v) is 1.79. The van der Waals surface area contributed by atoms with Crippen LogP contribution in [0, 0.1) is 0 Å². The van der Waals surface area contributed by atoms with Gasteiger partial charge in [-0.1, -0.05) is 0 Å². The summed E-state index contributed by atoms with van der Waals surface area (Å²) in [4.78, 5) is 5.95. The van der Waals surface area contributed by atoms with E-state index in [0.29, 0.717) is 12.0 Å². The third-order valence-electron chi connectivity index (χ3n) is 2.80. The molecular weight excluding hydrogens is 166 g/mol. The number of aliphatic hydroxyl groups is 1. The van der Waals surface area contributed by atoms with Crippen molar-refractivity contribution < 1.29 is 5.11 Å². The summed E-state index contributed by atoms with van der Waals surface area (Å²) in [5.41, 5.74) is 5.70. The van der Waals surface area contributed by atoms with Gasteiger partial charge in [0.25, 0.3) is 0 Å². The lowest BCUT2D eigenvalue weighted by Gasteiger charge is -2.33. The van der Waals surface area contributed by atoms with E-state index in [1.54, 1.807) is 7.05 Å². The summed E-state index contributed by atoms with van der Waals surface area (Å²) < 4.78 is 0. The van der Waals surface area contributed by atoms with E-state index in [1.807, 2.05) is 11.9 Å². The summed E-state index contributed by atoms with van der Waals surface area (Å²) in [6.45, 7) is 0. The predicted molar refractivity (Wildman–Crippen MR) is 53.6 cm³/mol. The van der Waals surface area contributed by atoms with Gasteiger partial charge in [-0.05, 0) is 25.7 Å². The van der Waals surface area contributed by atoms with Crippen LogP contribution in [0.4, 0.5) is 0 Å². The zero-order valence-corrected chi connectivity index (χ0v) is 8.40. The molecule has 13 heavy (non-hydrogen) atoms. The molecule has 1 rings (SSSR count). The Morgan fingerprint density at radius 1 is 1.38 bits per heavy atom. The molecule has 0 bridgehead atoms. The molecule has 1 aliphatic rings. The molecule has 1 fully saturated rings. The van der Waals surface area contributed by atoms with E-state index in [4.69, 9.17) is 5.73 Å². The topological polar surface area (TPSA) is 61.8 Å². The Morgan fingerprint density at radius 2 is 1.92 bits per heavy atom. The second-order valence-corrected chi connectivity index (χ2v) is 3.66. The normalized spacial score (nSPS) is 30.2. The predicted octanol–water partition coefficient (Wildman–Crippen LogP) is 0.166. The van der Waals surface area contributed by atoms with Crippen molar-refractivity contribution in [3.63, 3.8) is 0 Å². The van der Waals surface area contributed by atoms with Crippen LogP contribution in [0.25, 0.3) is 0 Å². The van der Waals surface area contributed by atoms with Crippen LogP contribution in [0.3, 0.4) is 0 Å². The highest BCUT2D eigenvalue weighted by atomic mass is 16.3. The van der Waals surface area contributed by atoms with Gasteiger partial charge >= 0.3 is 0 Å². The number of nitrogens with zero attached hydrogens (tertiary/aromatic N) is 2. The monoisotopic (exact) mass is 185 g/mol. The number of nitrogens with two attached hydrogens (primary N) is 1. The lowest BCUT2D eigenvalue weighted by Crippen LogP contribution is -2.44. The Kier molecular flexibility index (Phi) is 3.54. The Morgan fingerprint density at radius 3 is 2.38 bits per heavy atom. The molecule has 76 valence electrons. The highest BCUT2D eigenvalue weighted by Gasteiger charge is 2.23. The van der Waals surface area contributed by atoms with Crippen molar-refractivity contribution in [2.45, 2.75) is 37.8 Å². The molecule has 0 unspecified atom stereocenters. The zero-order valence-electron chi connectivity index (χ0n) is 8.40. The summed E-state index contributed by atoms with van der Waals surface area (Å²) in [6, 6.07) is 0.451. The molecule has 3 N–H and O–H groups in total. The van der Waals surface area contributed by atoms with Crippen LogP contribution in [0.5, 0.6) is 0 Å². The Labute approximate surface area is 79.4 Å². The zero-order chi connectivity index (χ0) is 9.84. The largest absolute Gasteiger partial charge is 0.393 e. The molecule has 0 aromatic rings. The average molecular weight is 185 g/mol. The van der Waals surface area contributed by atoms with E-state index in [9.17, 15) is 5.11 Å². The molecule has 0 amide bonds. The summed E-state index contributed by atoms with van der Waals surface area (Å²) >= 11 is 0. The number of guanidine groups is 1. The van der Waals surface area contributed by atoms with Crippen LogP contribution in [0.2, 0.25) is 0 Å². The fourth-order valence-electron chi connectivity index (χ4n) is 1.79. The second-order valence-electron chi connectivity index (χ2n) is 3.66. The van der Waals surface area contributed by atoms with Gasteiger partial charge in [0.2, 0.25) is 0 Å². The van der Waals surface area contributed by atoms with E-state index in [2.05, 4.69) is 4.99 Å². The number of hydrogen-bond acceptors (Lipinski definition) is 2. The molecule has 4 nitrogen and oxygen atoms in total. The standard InChI is InChI=1S/C9H19N3O/c1-11-9(10)12(2)7-3-5-8(13)6-4-7/h7-8,13H,3-6H2,1-2H3,(H2,10,11). The maximum Gasteiger partial charge on any atom is 0.190 e. The van der Waals surface area contributed by atoms with Gasteiger partial charge in [-0.25, -0.2) is 0 Å². The van der Waals surface area contributed by atoms with Gasteiger partial charge in [0.05, 0.1) is 6.10 Å². The first-order valence-corrected chi connectivity index (χ1v) is 4.78. The lowest BCUT2D eigenvalue weighted by molar-refractivity contribution is 0.102. The van der Waals surface area contributed by atoms with Crippen LogP contribution >= 0.6 is 0 Å². The summed E-state index contributed by atoms with van der Waals surface area (Å²) in [5.74, 6) is 0.585. The third-order valence-corrected chi connectivity index (χ3v) is 2.80. The molecule has 0 radical (unpaired) electrons. The van der Waals surface area contributed by atoms with Crippen molar-refractivity contribution in [1.82, 2.24) is 4.90 Å². The van der Waals surface area contributed by atoms with Gasteiger partial charge in [0.15, 0.2) is 5.96 Å². The maximum atomic E-state index is 9.32. The number of aliphatic hydroxyl groups excluding tert-OH is 1. The molecule has 1 aliphatic carbocycles. The Balaban J connectivity index is 2.44. The lowest BCUT2D eigenvalue weighted by atomic mass is 9.92. The van der Waals surface area contributed by atoms with Crippen molar-refractivity contribution in [2.75, 3.05) is 14.1 Å². The molecular formula is C9H19N3O. The van der Waals surface area contributed by atoms with Gasteiger partial charge < -0.3 is 15.7 Å². The third kappa shape index (κ3) is 2.59. The summed E-state index contributed by atoms with van der Waals surface area (Å²) in [5, 5.41) is 9.32. The van der Waals surface area contributed by atoms with Crippen LogP contribution in [-0.4, -0.2) is 42.2 Å². The summed E-state index contributed by atoms with van der Waals surface area (Å²) in [7, 11) is 3.66. The first kappa shape index (κ1) is 10.3. The molecule has 0 aromatic heterocycles. The van der Waals surface area contributed by atoms with Crippen molar-refractivity contribution in [1.29, 1.82) is 0 Å². The quantitative estimate of drug-likeness (QED) is 0.452. The van der Waals surface area contributed by atoms with E-state index in [-0.39, 0.29) is 6.10 Å². The molecule has 1 saturated carbocycles. The molecule has 0 saturated heterocycles. The van der Waals surface area contributed by atoms with Gasteiger partial charge in [0, 0.05) is 20.1 Å². The number of rotatable bonds is 1. The van der Waals surface area contributed by atoms with Crippen LogP contribution in [-0.2, 0) is 0 Å². The van der Waals surface area contributed by atoms with Crippen molar-refractivity contribution in [3.8, 4) is 0 Å². The minimum Gasteiger partial charge on any atom is -0.393 e. The van der Waals surface area contributed by atoms with Gasteiger partial charge in [-0.2, -0.15) is 0 Å². The molecule has 0 spiro atoms. The smallest absolute Gasteiger partial charge is 0.190 e. The van der Waals surface area contributed by atoms with Gasteiger partial charge in [-0.15, -0.1) is 0 Å². The van der Waals surface area contributed by atoms with Crippen LogP contribution < -0.4 is 5.73 Å². The van der Waals surface area contributed by atoms with E-state index in [1.165, 1.54) is 0 Å². The second kappa shape index (κ2) is 4.46. The molecule has 0 atom stereocenters. The Bertz CT molecular complexity index is 185. The van der Waals surface area contributed by atoms with Gasteiger partial charge in [0.1, 0.15) is 0 Å². The van der Waals surface area contributed by atoms with E-state index < -0.39 is 0 Å². The average Bonchev–Trinajstić information content (AvgIpc) is 2.17. The molecule has 0 aromatic carbocycles. The number of hydrogen-bond donors (Lipinski definition) is 2. The maximum absolute atomic E-state index is 9.32. The van der Waals surface area contributed by atoms with Crippen molar-refractivity contribution >= 4 is 5.96 Å². The minimum absolute atomic E-state index is 0.107. The van der Waals surface area contributed by atoms with Crippen LogP contribution in [0.1, 0.15) is 25.7 Å². The van der Waals surface area contributed by atoms with Gasteiger partial charge in [-0.3, -0.25) is 4.99 Å². The van der Waals surface area contributed by atoms with Crippen molar-refractivity contribution in [3.05, 3.63) is 0 Å². The van der Waals surface area contributed by atoms with Crippen LogP contribution in [0.15, 0.2) is 4.99 Å². The number of aliphatic imine (C=N–C) groups is 1. The minimum atomic E-state index is -0.107. The summed E-state index contributed by atoms with van der Waals surface area (Å²) in [6.07, 6.45) is 3.67. The highest BCUT2D eigenvalue weighted by Crippen LogP contribution is 2.21. The van der Waals surface area contributed by atoms with E-state index >= 15 is 0 Å². The SMILES string of the molecule is CN=C(N)N(C)C1CCC(O)CC1. The highest BCUT2D eigenvalue weighted by molar-refractivity contribution is 5.77. The molecule has 0 aliphatic heterocycles. The van der Waals surface area contributed by atoms with E-state index in [0.717, 1.165) is 25.7 Å².